The average Bonchev–Trinajstić information content (AvgIpc) is 2.47. The van der Waals surface area contributed by atoms with Crippen molar-refractivity contribution < 1.29 is 24.2 Å². The third kappa shape index (κ3) is 7.46. The van der Waals surface area contributed by atoms with Gasteiger partial charge in [-0.2, -0.15) is 0 Å². The highest BCUT2D eigenvalue weighted by Gasteiger charge is 2.27. The van der Waals surface area contributed by atoms with Crippen molar-refractivity contribution in [2.24, 2.45) is 11.8 Å². The smallest absolute Gasteiger partial charge is 0.320 e. The van der Waals surface area contributed by atoms with Gasteiger partial charge in [0.05, 0.1) is 6.61 Å². The fourth-order valence-corrected chi connectivity index (χ4v) is 2.84. The van der Waals surface area contributed by atoms with Crippen LogP contribution < -0.4 is 0 Å². The number of aliphatic carboxylic acids is 1. The minimum atomic E-state index is -1.14. The van der Waals surface area contributed by atoms with Crippen molar-refractivity contribution >= 4 is 11.9 Å². The van der Waals surface area contributed by atoms with Crippen LogP contribution in [0.4, 0.5) is 0 Å². The molecule has 0 aliphatic heterocycles. The van der Waals surface area contributed by atoms with Crippen molar-refractivity contribution in [3.8, 4) is 0 Å². The summed E-state index contributed by atoms with van der Waals surface area (Å²) in [4.78, 5) is 22.4. The lowest BCUT2D eigenvalue weighted by atomic mass is 9.86. The molecule has 21 heavy (non-hydrogen) atoms. The number of carboxylic acid groups (broad SMARTS) is 1. The van der Waals surface area contributed by atoms with Crippen LogP contribution in [0.5, 0.6) is 0 Å². The molecule has 0 radical (unpaired) electrons. The van der Waals surface area contributed by atoms with E-state index in [2.05, 4.69) is 0 Å². The van der Waals surface area contributed by atoms with E-state index in [0.717, 1.165) is 12.3 Å². The first kappa shape index (κ1) is 18.0. The number of carbonyl (C=O) groups excluding carboxylic acids is 1. The quantitative estimate of drug-likeness (QED) is 0.381. The minimum absolute atomic E-state index is 0.178. The van der Waals surface area contributed by atoms with Gasteiger partial charge in [0.15, 0.2) is 5.92 Å². The van der Waals surface area contributed by atoms with Gasteiger partial charge in [-0.05, 0) is 32.1 Å². The molecule has 5 heteroatoms. The summed E-state index contributed by atoms with van der Waals surface area (Å²) >= 11 is 0. The number of rotatable bonds is 10. The summed E-state index contributed by atoms with van der Waals surface area (Å²) in [5, 5.41) is 8.99. The second-order valence-corrected chi connectivity index (χ2v) is 5.69. The monoisotopic (exact) mass is 300 g/mol. The third-order valence-electron chi connectivity index (χ3n) is 4.05. The Morgan fingerprint density at radius 2 is 1.90 bits per heavy atom. The van der Waals surface area contributed by atoms with Gasteiger partial charge in [-0.15, -0.1) is 0 Å². The van der Waals surface area contributed by atoms with Gasteiger partial charge >= 0.3 is 11.9 Å². The molecule has 1 atom stereocenters. The van der Waals surface area contributed by atoms with Crippen molar-refractivity contribution in [3.63, 3.8) is 0 Å². The Morgan fingerprint density at radius 1 is 1.19 bits per heavy atom. The number of hydrogen-bond acceptors (Lipinski definition) is 4. The van der Waals surface area contributed by atoms with Crippen molar-refractivity contribution in [1.82, 2.24) is 0 Å². The minimum Gasteiger partial charge on any atom is -0.481 e. The normalized spacial score (nSPS) is 17.4. The van der Waals surface area contributed by atoms with Crippen molar-refractivity contribution in [1.29, 1.82) is 0 Å². The Hall–Kier alpha value is -1.10. The maximum Gasteiger partial charge on any atom is 0.320 e. The highest BCUT2D eigenvalue weighted by molar-refractivity contribution is 5.93. The number of esters is 1. The van der Waals surface area contributed by atoms with E-state index in [9.17, 15) is 9.59 Å². The summed E-state index contributed by atoms with van der Waals surface area (Å²) in [6.07, 6.45) is 9.14. The van der Waals surface area contributed by atoms with E-state index < -0.39 is 17.9 Å². The van der Waals surface area contributed by atoms with Crippen LogP contribution >= 0.6 is 0 Å². The number of carboxylic acids is 1. The van der Waals surface area contributed by atoms with Crippen LogP contribution in [-0.4, -0.2) is 36.9 Å². The lowest BCUT2D eigenvalue weighted by molar-refractivity contribution is -0.159. The fraction of sp³-hybridized carbons (Fsp3) is 0.875. The molecule has 1 N–H and O–H groups in total. The molecule has 0 saturated heterocycles. The molecule has 0 heterocycles. The van der Waals surface area contributed by atoms with E-state index in [-0.39, 0.29) is 13.0 Å². The molecule has 0 aromatic carbocycles. The molecule has 0 aromatic heterocycles. The number of carbonyl (C=O) groups is 2. The summed E-state index contributed by atoms with van der Waals surface area (Å²) in [6.45, 7) is 2.80. The molecule has 5 nitrogen and oxygen atoms in total. The van der Waals surface area contributed by atoms with Crippen LogP contribution in [0.1, 0.15) is 58.3 Å². The standard InChI is InChI=1S/C16H28O5/c1-2-21-16(19)14(15(17)18)10-12-20-11-6-9-13-7-4-3-5-8-13/h13-14H,2-12H2,1H3,(H,17,18). The molecule has 1 fully saturated rings. The molecular formula is C16H28O5. The van der Waals surface area contributed by atoms with E-state index in [4.69, 9.17) is 14.6 Å². The zero-order valence-corrected chi connectivity index (χ0v) is 13.0. The summed E-state index contributed by atoms with van der Waals surface area (Å²) < 4.78 is 10.2. The maximum absolute atomic E-state index is 11.5. The van der Waals surface area contributed by atoms with Gasteiger partial charge in [0.25, 0.3) is 0 Å². The molecule has 0 aromatic rings. The first-order chi connectivity index (χ1) is 10.1. The van der Waals surface area contributed by atoms with Gasteiger partial charge in [-0.25, -0.2) is 0 Å². The molecule has 1 saturated carbocycles. The SMILES string of the molecule is CCOC(=O)C(CCOCCCC1CCCCC1)C(=O)O. The molecule has 1 aliphatic rings. The van der Waals surface area contributed by atoms with Gasteiger partial charge in [0.2, 0.25) is 0 Å². The van der Waals surface area contributed by atoms with Gasteiger partial charge in [-0.1, -0.05) is 32.1 Å². The second-order valence-electron chi connectivity index (χ2n) is 5.69. The predicted octanol–water partition coefficient (Wildman–Crippen LogP) is 3.02. The molecular weight excluding hydrogens is 272 g/mol. The third-order valence-corrected chi connectivity index (χ3v) is 4.05. The highest BCUT2D eigenvalue weighted by atomic mass is 16.5. The Labute approximate surface area is 127 Å². The molecule has 1 unspecified atom stereocenters. The van der Waals surface area contributed by atoms with Gasteiger partial charge in [0, 0.05) is 13.2 Å². The van der Waals surface area contributed by atoms with Crippen molar-refractivity contribution in [3.05, 3.63) is 0 Å². The first-order valence-electron chi connectivity index (χ1n) is 8.12. The van der Waals surface area contributed by atoms with Crippen LogP contribution in [-0.2, 0) is 19.1 Å². The van der Waals surface area contributed by atoms with Crippen LogP contribution in [0.3, 0.4) is 0 Å². The van der Waals surface area contributed by atoms with E-state index in [1.54, 1.807) is 6.92 Å². The average molecular weight is 300 g/mol. The predicted molar refractivity (Wildman–Crippen MR) is 79.0 cm³/mol. The van der Waals surface area contributed by atoms with Crippen LogP contribution in [0.25, 0.3) is 0 Å². The zero-order valence-electron chi connectivity index (χ0n) is 13.0. The van der Waals surface area contributed by atoms with Gasteiger partial charge in [-0.3, -0.25) is 9.59 Å². The lowest BCUT2D eigenvalue weighted by Gasteiger charge is -2.21. The topological polar surface area (TPSA) is 72.8 Å². The number of ether oxygens (including phenoxy) is 2. The number of hydrogen-bond donors (Lipinski definition) is 1. The Balaban J connectivity index is 2.08. The molecule has 1 rings (SSSR count). The van der Waals surface area contributed by atoms with Crippen LogP contribution in [0.15, 0.2) is 0 Å². The largest absolute Gasteiger partial charge is 0.481 e. The summed E-state index contributed by atoms with van der Waals surface area (Å²) in [7, 11) is 0. The van der Waals surface area contributed by atoms with E-state index >= 15 is 0 Å². The van der Waals surface area contributed by atoms with E-state index in [1.807, 2.05) is 0 Å². The van der Waals surface area contributed by atoms with Crippen LogP contribution in [0.2, 0.25) is 0 Å². The summed E-state index contributed by atoms with van der Waals surface area (Å²) in [5.74, 6) is -2.08. The Kier molecular flexibility index (Phi) is 9.06. The second kappa shape index (κ2) is 10.6. The van der Waals surface area contributed by atoms with Crippen molar-refractivity contribution in [2.45, 2.75) is 58.3 Å². The van der Waals surface area contributed by atoms with Gasteiger partial charge in [0.1, 0.15) is 0 Å². The molecule has 0 spiro atoms. The van der Waals surface area contributed by atoms with Gasteiger partial charge < -0.3 is 14.6 Å². The molecule has 122 valence electrons. The molecule has 0 bridgehead atoms. The Morgan fingerprint density at radius 3 is 2.52 bits per heavy atom. The lowest BCUT2D eigenvalue weighted by Crippen LogP contribution is -2.27. The fourth-order valence-electron chi connectivity index (χ4n) is 2.84. The first-order valence-corrected chi connectivity index (χ1v) is 8.12. The zero-order chi connectivity index (χ0) is 15.5. The summed E-state index contributed by atoms with van der Waals surface area (Å²) in [5.41, 5.74) is 0. The summed E-state index contributed by atoms with van der Waals surface area (Å²) in [6, 6.07) is 0. The van der Waals surface area contributed by atoms with Crippen molar-refractivity contribution in [2.75, 3.05) is 19.8 Å². The maximum atomic E-state index is 11.5. The Bertz CT molecular complexity index is 310. The van der Waals surface area contributed by atoms with E-state index in [1.165, 1.54) is 38.5 Å². The van der Waals surface area contributed by atoms with E-state index in [0.29, 0.717) is 13.2 Å². The molecule has 1 aliphatic carbocycles. The highest BCUT2D eigenvalue weighted by Crippen LogP contribution is 2.27. The molecule has 0 amide bonds. The van der Waals surface area contributed by atoms with Crippen LogP contribution in [0, 0.1) is 11.8 Å².